The number of aliphatic hydroxyl groups excluding tert-OH is 1. The molecule has 0 spiro atoms. The fraction of sp³-hybridized carbons (Fsp3) is 0.591. The van der Waals surface area contributed by atoms with Gasteiger partial charge in [-0.25, -0.2) is 0 Å². The molecule has 1 unspecified atom stereocenters. The van der Waals surface area contributed by atoms with Gasteiger partial charge in [0.1, 0.15) is 0 Å². The summed E-state index contributed by atoms with van der Waals surface area (Å²) in [7, 11) is 2.13. The molecule has 0 aromatic heterocycles. The minimum atomic E-state index is -0.430. The molecule has 4 heteroatoms. The van der Waals surface area contributed by atoms with Crippen LogP contribution in [0, 0.1) is 5.41 Å². The Kier molecular flexibility index (Phi) is 5.83. The number of likely N-dealkylation sites (tertiary alicyclic amines) is 2. The van der Waals surface area contributed by atoms with Crippen LogP contribution >= 0.6 is 0 Å². The number of hydrogen-bond acceptors (Lipinski definition) is 3. The third-order valence-electron chi connectivity index (χ3n) is 6.44. The van der Waals surface area contributed by atoms with Gasteiger partial charge in [-0.3, -0.25) is 4.79 Å². The van der Waals surface area contributed by atoms with E-state index in [2.05, 4.69) is 30.7 Å². The van der Waals surface area contributed by atoms with Crippen LogP contribution < -0.4 is 0 Å². The second-order valence-electron chi connectivity index (χ2n) is 8.23. The summed E-state index contributed by atoms with van der Waals surface area (Å²) in [5.74, 6) is 0.249. The molecule has 2 heterocycles. The smallest absolute Gasteiger partial charge is 0.233 e. The zero-order chi connectivity index (χ0) is 18.6. The first-order valence-corrected chi connectivity index (χ1v) is 9.80. The van der Waals surface area contributed by atoms with E-state index < -0.39 is 5.41 Å². The topological polar surface area (TPSA) is 43.8 Å². The highest BCUT2D eigenvalue weighted by Gasteiger charge is 2.47. The molecule has 2 aliphatic heterocycles. The van der Waals surface area contributed by atoms with Gasteiger partial charge in [-0.1, -0.05) is 36.4 Å². The molecule has 0 aliphatic carbocycles. The third-order valence-corrected chi connectivity index (χ3v) is 6.44. The van der Waals surface area contributed by atoms with Crippen molar-refractivity contribution in [2.75, 3.05) is 39.8 Å². The van der Waals surface area contributed by atoms with Gasteiger partial charge in [0.15, 0.2) is 0 Å². The highest BCUT2D eigenvalue weighted by Crippen LogP contribution is 2.40. The van der Waals surface area contributed by atoms with Crippen molar-refractivity contribution >= 4 is 5.91 Å². The van der Waals surface area contributed by atoms with Crippen molar-refractivity contribution in [3.8, 4) is 0 Å². The minimum Gasteiger partial charge on any atom is -0.396 e. The Morgan fingerprint density at radius 2 is 1.88 bits per heavy atom. The number of amides is 1. The van der Waals surface area contributed by atoms with Gasteiger partial charge in [0.25, 0.3) is 0 Å². The average molecular weight is 357 g/mol. The van der Waals surface area contributed by atoms with Crippen LogP contribution in [0.15, 0.2) is 43.0 Å². The SMILES string of the molecule is C=CCC1(CO)CCCN(C(=O)C2(c3ccccc3)CCN(C)CC2)C1. The van der Waals surface area contributed by atoms with E-state index >= 15 is 0 Å². The van der Waals surface area contributed by atoms with Crippen molar-refractivity contribution in [2.45, 2.75) is 37.5 Å². The zero-order valence-corrected chi connectivity index (χ0v) is 16.0. The van der Waals surface area contributed by atoms with E-state index in [0.717, 1.165) is 57.3 Å². The largest absolute Gasteiger partial charge is 0.396 e. The van der Waals surface area contributed by atoms with Crippen molar-refractivity contribution < 1.29 is 9.90 Å². The minimum absolute atomic E-state index is 0.115. The highest BCUT2D eigenvalue weighted by atomic mass is 16.3. The standard InChI is InChI=1S/C22H32N2O2/c1-3-10-21(18-25)11-7-14-24(17-21)20(26)22(12-15-23(2)16-13-22)19-8-5-4-6-9-19/h3-6,8-9,25H,1,7,10-18H2,2H3. The van der Waals surface area contributed by atoms with Crippen molar-refractivity contribution in [1.82, 2.24) is 9.80 Å². The molecule has 0 saturated carbocycles. The molecule has 0 bridgehead atoms. The molecule has 3 rings (SSSR count). The maximum absolute atomic E-state index is 13.8. The van der Waals surface area contributed by atoms with Crippen molar-refractivity contribution in [1.29, 1.82) is 0 Å². The van der Waals surface area contributed by atoms with Crippen LogP contribution in [-0.4, -0.2) is 60.6 Å². The molecule has 2 saturated heterocycles. The van der Waals surface area contributed by atoms with Crippen LogP contribution in [-0.2, 0) is 10.2 Å². The molecule has 1 aromatic carbocycles. The summed E-state index contributed by atoms with van der Waals surface area (Å²) >= 11 is 0. The number of aliphatic hydroxyl groups is 1. The normalized spacial score (nSPS) is 26.5. The molecule has 1 amide bonds. The Balaban J connectivity index is 1.89. The second-order valence-corrected chi connectivity index (χ2v) is 8.23. The Bertz CT molecular complexity index is 622. The number of benzene rings is 1. The van der Waals surface area contributed by atoms with E-state index in [1.54, 1.807) is 0 Å². The van der Waals surface area contributed by atoms with E-state index in [1.807, 2.05) is 29.2 Å². The summed E-state index contributed by atoms with van der Waals surface area (Å²) in [6.07, 6.45) is 6.26. The van der Waals surface area contributed by atoms with Gasteiger partial charge in [0.2, 0.25) is 5.91 Å². The average Bonchev–Trinajstić information content (AvgIpc) is 2.69. The van der Waals surface area contributed by atoms with E-state index in [4.69, 9.17) is 0 Å². The first-order valence-electron chi connectivity index (χ1n) is 9.80. The lowest BCUT2D eigenvalue weighted by Crippen LogP contribution is -2.56. The van der Waals surface area contributed by atoms with E-state index in [-0.39, 0.29) is 17.9 Å². The molecule has 4 nitrogen and oxygen atoms in total. The number of rotatable bonds is 5. The number of piperidine rings is 2. The molecule has 2 aliphatic rings. The monoisotopic (exact) mass is 356 g/mol. The van der Waals surface area contributed by atoms with Crippen molar-refractivity contribution in [3.63, 3.8) is 0 Å². The Morgan fingerprint density at radius 3 is 2.50 bits per heavy atom. The third kappa shape index (κ3) is 3.58. The number of carbonyl (C=O) groups is 1. The number of allylic oxidation sites excluding steroid dienone is 1. The predicted octanol–water partition coefficient (Wildman–Crippen LogP) is 2.83. The summed E-state index contributed by atoms with van der Waals surface area (Å²) in [6, 6.07) is 10.3. The zero-order valence-electron chi connectivity index (χ0n) is 16.0. The van der Waals surface area contributed by atoms with Gasteiger partial charge < -0.3 is 14.9 Å². The molecular formula is C22H32N2O2. The number of carbonyl (C=O) groups excluding carboxylic acids is 1. The van der Waals surface area contributed by atoms with Gasteiger partial charge in [0.05, 0.1) is 12.0 Å². The van der Waals surface area contributed by atoms with E-state index in [1.165, 1.54) is 0 Å². The maximum Gasteiger partial charge on any atom is 0.233 e. The van der Waals surface area contributed by atoms with Gasteiger partial charge in [-0.05, 0) is 57.8 Å². The Hall–Kier alpha value is -1.65. The lowest BCUT2D eigenvalue weighted by Gasteiger charge is -2.47. The summed E-state index contributed by atoms with van der Waals surface area (Å²) in [5, 5.41) is 10.0. The van der Waals surface area contributed by atoms with Gasteiger partial charge in [0, 0.05) is 18.5 Å². The molecule has 1 aromatic rings. The fourth-order valence-corrected chi connectivity index (χ4v) is 4.73. The van der Waals surface area contributed by atoms with Crippen molar-refractivity contribution in [3.05, 3.63) is 48.6 Å². The first kappa shape index (κ1) is 19.1. The molecule has 1 atom stereocenters. The van der Waals surface area contributed by atoms with Crippen LogP contribution in [0.3, 0.4) is 0 Å². The van der Waals surface area contributed by atoms with E-state index in [0.29, 0.717) is 6.54 Å². The Morgan fingerprint density at radius 1 is 1.19 bits per heavy atom. The van der Waals surface area contributed by atoms with Crippen LogP contribution in [0.1, 0.15) is 37.7 Å². The molecular weight excluding hydrogens is 324 g/mol. The maximum atomic E-state index is 13.8. The summed E-state index contributed by atoms with van der Waals surface area (Å²) in [6.45, 7) is 7.28. The first-order chi connectivity index (χ1) is 12.6. The molecule has 2 fully saturated rings. The predicted molar refractivity (Wildman–Crippen MR) is 105 cm³/mol. The summed E-state index contributed by atoms with van der Waals surface area (Å²) in [5.41, 5.74) is 0.487. The quantitative estimate of drug-likeness (QED) is 0.825. The van der Waals surface area contributed by atoms with Crippen LogP contribution in [0.2, 0.25) is 0 Å². The van der Waals surface area contributed by atoms with Gasteiger partial charge in [-0.2, -0.15) is 0 Å². The van der Waals surface area contributed by atoms with Crippen LogP contribution in [0.5, 0.6) is 0 Å². The Labute approximate surface area is 157 Å². The summed E-state index contributed by atoms with van der Waals surface area (Å²) in [4.78, 5) is 18.1. The summed E-state index contributed by atoms with van der Waals surface area (Å²) < 4.78 is 0. The molecule has 26 heavy (non-hydrogen) atoms. The molecule has 1 N–H and O–H groups in total. The van der Waals surface area contributed by atoms with Crippen LogP contribution in [0.25, 0.3) is 0 Å². The van der Waals surface area contributed by atoms with Gasteiger partial charge in [-0.15, -0.1) is 6.58 Å². The molecule has 142 valence electrons. The van der Waals surface area contributed by atoms with Crippen molar-refractivity contribution in [2.24, 2.45) is 5.41 Å². The number of hydrogen-bond donors (Lipinski definition) is 1. The molecule has 0 radical (unpaired) electrons. The highest BCUT2D eigenvalue weighted by molar-refractivity contribution is 5.88. The van der Waals surface area contributed by atoms with Crippen LogP contribution in [0.4, 0.5) is 0 Å². The van der Waals surface area contributed by atoms with Gasteiger partial charge >= 0.3 is 0 Å². The fourth-order valence-electron chi connectivity index (χ4n) is 4.73. The lowest BCUT2D eigenvalue weighted by atomic mass is 9.70. The second kappa shape index (κ2) is 7.93. The lowest BCUT2D eigenvalue weighted by molar-refractivity contribution is -0.143. The number of nitrogens with zero attached hydrogens (tertiary/aromatic N) is 2. The van der Waals surface area contributed by atoms with E-state index in [9.17, 15) is 9.90 Å².